The van der Waals surface area contributed by atoms with Crippen molar-refractivity contribution in [1.82, 2.24) is 73.1 Å². The average Bonchev–Trinajstić information content (AvgIpc) is 1.53. The van der Waals surface area contributed by atoms with Gasteiger partial charge in [0.05, 0.1) is 116 Å². The summed E-state index contributed by atoms with van der Waals surface area (Å²) >= 11 is 0. The van der Waals surface area contributed by atoms with E-state index in [1.807, 2.05) is 174 Å². The van der Waals surface area contributed by atoms with E-state index in [9.17, 15) is 45.9 Å². The van der Waals surface area contributed by atoms with Crippen molar-refractivity contribution >= 4 is 58.1 Å². The Hall–Kier alpha value is -18.6. The smallest absolute Gasteiger partial charge is 0.274 e. The van der Waals surface area contributed by atoms with E-state index in [4.69, 9.17) is 57.1 Å². The second-order valence-electron chi connectivity index (χ2n) is 36.3. The number of terminal acetylenes is 5. The molecule has 5 aromatic heterocycles. The lowest BCUT2D eigenvalue weighted by Crippen LogP contribution is -2.31. The van der Waals surface area contributed by atoms with Crippen LogP contribution in [0, 0.1) is 90.8 Å². The van der Waals surface area contributed by atoms with Gasteiger partial charge in [-0.2, -0.15) is 0 Å². The quantitative estimate of drug-likeness (QED) is 0.0663. The molecule has 0 radical (unpaired) electrons. The van der Waals surface area contributed by atoms with Crippen molar-refractivity contribution in [2.75, 3.05) is 46.8 Å². The number of aromatic nitrogens is 10. The van der Waals surface area contributed by atoms with Crippen LogP contribution >= 0.6 is 0 Å². The summed E-state index contributed by atoms with van der Waals surface area (Å²) in [4.78, 5) is 115. The standard InChI is InChI=1S/C25H21FN4O.C24H21FN4O.C23H17FN4O.2C23H19FN4O/c1-3-17-10-11-21-19(14-17)22(18-8-4-5-9-20(18)26)28-16(2)24-23(27-15-30(21)24)25(31)29-12-6-7-13-29;1-5-16-10-11-20-18(12-16)21(17-8-6-7-9-19(17)25)28-15(4)23-22(26-13-29(20)23)24(30)27-14(2)3;1-3-15-8-9-19-17(12-15)20(16-6-4-5-7-18(16)24)26-14(2)22-21(25-13-28(19)22)23(29)27-10-11-27;1-5-15-10-11-19-17(12-15)20(16-8-6-7-9-18(16)24)26-14(2)22-21(23(29)27(3)4)25-13-28(19)22;1-4-15-10-11-19-17(12-15)20(16-8-6-7-9-18(16)24)27-14(3)22-21(23(29)25-5-2)26-13-28(19)22/h1,4-5,8-11,14-16H,6-7,12-13H2,2H3;1,6-15H,2-4H3,(H,27,30);1,4-9,12-14H,10-11H2,2H3;1,6-14H,2-4H3;1,6-14H,5H2,2-3H3,(H,25,29)/t16-;15-;3*14-/m11111/s1. The molecule has 5 amide bonds. The topological polar surface area (TPSA) is 270 Å². The van der Waals surface area contributed by atoms with Crippen molar-refractivity contribution in [2.45, 2.75) is 104 Å². The molecule has 7 aliphatic rings. The Morgan fingerprint density at radius 2 is 0.574 bits per heavy atom. The van der Waals surface area contributed by atoms with Gasteiger partial charge in [-0.25, -0.2) is 46.9 Å². The van der Waals surface area contributed by atoms with Crippen LogP contribution in [0.1, 0.15) is 263 Å². The SMILES string of the molecule is C#Cc1ccc2c(c1)C(c1ccccc1F)=N[C@H](C)c1c(C(=O)N(C)C)ncn1-2.C#Cc1ccc2c(c1)C(c1ccccc1F)=N[C@H](C)c1c(C(=O)N3CC3)ncn1-2.C#Cc1ccc2c(c1)C(c1ccccc1F)=N[C@H](C)c1c(C(=O)N3CCCC3)ncn1-2.C#Cc1ccc2c(c1)C(c1ccccc1F)=N[C@H](C)c1c(C(=O)NC(C)C)ncn1-2.C#Cc1ccc2c(c1)C(c1ccccc1F)=N[C@H](C)c1c(C(=O)NCC)ncn1-2. The Morgan fingerprint density at radius 1 is 0.338 bits per heavy atom. The van der Waals surface area contributed by atoms with E-state index in [0.29, 0.717) is 175 Å². The lowest BCUT2D eigenvalue weighted by molar-refractivity contribution is 0.0783. The van der Waals surface area contributed by atoms with Gasteiger partial charge in [0.25, 0.3) is 29.5 Å². The first-order valence-corrected chi connectivity index (χ1v) is 48.0. The van der Waals surface area contributed by atoms with Gasteiger partial charge in [-0.05, 0) is 220 Å². The number of imidazole rings is 5. The molecule has 22 rings (SSSR count). The molecule has 12 heterocycles. The van der Waals surface area contributed by atoms with Crippen LogP contribution in [-0.4, -0.2) is 173 Å². The van der Waals surface area contributed by atoms with Gasteiger partial charge >= 0.3 is 0 Å². The van der Waals surface area contributed by atoms with Gasteiger partial charge in [0.1, 0.15) is 60.7 Å². The molecule has 2 saturated heterocycles. The van der Waals surface area contributed by atoms with Crippen LogP contribution < -0.4 is 10.6 Å². The molecule has 7 aliphatic heterocycles. The normalized spacial score (nSPS) is 15.8. The number of aliphatic imine (C=N–C) groups is 5. The van der Waals surface area contributed by atoms with E-state index in [1.165, 1.54) is 35.2 Å². The van der Waals surface area contributed by atoms with Crippen molar-refractivity contribution in [3.63, 3.8) is 0 Å². The molecular weight excluding hydrogens is 1870 g/mol. The third-order valence-corrected chi connectivity index (χ3v) is 26.0. The van der Waals surface area contributed by atoms with Crippen LogP contribution in [-0.2, 0) is 0 Å². The molecule has 0 unspecified atom stereocenters. The molecule has 148 heavy (non-hydrogen) atoms. The first-order valence-electron chi connectivity index (χ1n) is 48.0. The largest absolute Gasteiger partial charge is 0.351 e. The van der Waals surface area contributed by atoms with Gasteiger partial charge in [0.15, 0.2) is 28.5 Å². The van der Waals surface area contributed by atoms with E-state index >= 15 is 0 Å². The predicted octanol–water partition coefficient (Wildman–Crippen LogP) is 18.8. The first-order chi connectivity index (χ1) is 71.5. The number of carbonyl (C=O) groups is 5. The van der Waals surface area contributed by atoms with E-state index in [-0.39, 0.29) is 64.7 Å². The highest BCUT2D eigenvalue weighted by Crippen LogP contribution is 2.42. The Balaban J connectivity index is 0.000000121. The summed E-state index contributed by atoms with van der Waals surface area (Å²) in [5, 5.41) is 5.66. The van der Waals surface area contributed by atoms with E-state index in [1.54, 1.807) is 142 Å². The third-order valence-electron chi connectivity index (χ3n) is 26.0. The van der Waals surface area contributed by atoms with Gasteiger partial charge in [0.2, 0.25) is 0 Å². The fourth-order valence-electron chi connectivity index (χ4n) is 18.9. The lowest BCUT2D eigenvalue weighted by Gasteiger charge is -2.16. The predicted molar refractivity (Wildman–Crippen MR) is 559 cm³/mol. The molecule has 0 spiro atoms. The van der Waals surface area contributed by atoms with Crippen LogP contribution in [0.5, 0.6) is 0 Å². The third kappa shape index (κ3) is 19.2. The maximum atomic E-state index is 14.8. The second kappa shape index (κ2) is 42.1. The van der Waals surface area contributed by atoms with Crippen LogP contribution in [0.4, 0.5) is 22.0 Å². The Morgan fingerprint density at radius 3 is 0.818 bits per heavy atom. The molecule has 0 aliphatic carbocycles. The molecule has 2 fully saturated rings. The average molecular weight is 1970 g/mol. The Labute approximate surface area is 852 Å². The number of rotatable bonds is 12. The molecule has 30 heteroatoms. The number of amides is 5. The van der Waals surface area contributed by atoms with Crippen LogP contribution in [0.3, 0.4) is 0 Å². The van der Waals surface area contributed by atoms with Crippen molar-refractivity contribution in [3.8, 4) is 90.2 Å². The van der Waals surface area contributed by atoms with Crippen LogP contribution in [0.15, 0.2) is 269 Å². The van der Waals surface area contributed by atoms with Crippen molar-refractivity contribution in [2.24, 2.45) is 25.0 Å². The Bertz CT molecular complexity index is 8130. The molecule has 25 nitrogen and oxygen atoms in total. The molecule has 15 aromatic rings. The zero-order valence-corrected chi connectivity index (χ0v) is 82.4. The van der Waals surface area contributed by atoms with E-state index < -0.39 is 30.2 Å². The van der Waals surface area contributed by atoms with Gasteiger partial charge in [0, 0.05) is 136 Å². The van der Waals surface area contributed by atoms with Gasteiger partial charge in [-0.1, -0.05) is 90.3 Å². The minimum absolute atomic E-state index is 0.0288. The monoisotopic (exact) mass is 1970 g/mol. The molecule has 734 valence electrons. The van der Waals surface area contributed by atoms with Crippen LogP contribution in [0.2, 0.25) is 0 Å². The van der Waals surface area contributed by atoms with Gasteiger partial charge < -0.3 is 25.3 Å². The number of fused-ring (bicyclic) bond motifs is 15. The number of halogens is 5. The van der Waals surface area contributed by atoms with E-state index in [2.05, 4.69) is 65.2 Å². The molecule has 0 saturated carbocycles. The number of nitrogens with one attached hydrogen (secondary N) is 2. The van der Waals surface area contributed by atoms with Crippen molar-refractivity contribution < 1.29 is 45.9 Å². The highest BCUT2D eigenvalue weighted by atomic mass is 19.1. The highest BCUT2D eigenvalue weighted by molar-refractivity contribution is 6.20. The van der Waals surface area contributed by atoms with Gasteiger partial charge in [-0.3, -0.25) is 71.8 Å². The Kier molecular flexibility index (Phi) is 28.3. The number of likely N-dealkylation sites (tertiary alicyclic amines) is 1. The minimum Gasteiger partial charge on any atom is -0.351 e. The van der Waals surface area contributed by atoms with Crippen molar-refractivity contribution in [1.29, 1.82) is 0 Å². The number of nitrogens with zero attached hydrogens (tertiary/aromatic N) is 18. The molecular formula is C118H97F5N20O5. The van der Waals surface area contributed by atoms with Crippen molar-refractivity contribution in [3.05, 3.63) is 413 Å². The number of hydrogen-bond acceptors (Lipinski definition) is 15. The second-order valence-corrected chi connectivity index (χ2v) is 36.3. The molecule has 2 N–H and O–H groups in total. The first kappa shape index (κ1) is 99.5. The highest BCUT2D eigenvalue weighted by Gasteiger charge is 2.39. The summed E-state index contributed by atoms with van der Waals surface area (Å²) in [5.41, 5.74) is 20.1. The van der Waals surface area contributed by atoms with E-state index in [0.717, 1.165) is 67.5 Å². The number of carbonyl (C=O) groups excluding carboxylic acids is 5. The maximum Gasteiger partial charge on any atom is 0.274 e. The summed E-state index contributed by atoms with van der Waals surface area (Å²) < 4.78 is 82.8. The maximum absolute atomic E-state index is 14.8. The zero-order valence-electron chi connectivity index (χ0n) is 82.4. The summed E-state index contributed by atoms with van der Waals surface area (Å²) in [6.07, 6.45) is 38.2. The fourth-order valence-corrected chi connectivity index (χ4v) is 18.9. The molecule has 0 bridgehead atoms. The number of hydrogen-bond donors (Lipinski definition) is 2. The fraction of sp³-hybridized carbons (Fsp3) is 0.195. The summed E-state index contributed by atoms with van der Waals surface area (Å²) in [6, 6.07) is 58.0. The number of benzene rings is 10. The lowest BCUT2D eigenvalue weighted by atomic mass is 9.98. The summed E-state index contributed by atoms with van der Waals surface area (Å²) in [6.45, 7) is 18.5. The summed E-state index contributed by atoms with van der Waals surface area (Å²) in [5.74, 6) is 10.4. The zero-order chi connectivity index (χ0) is 104. The minimum atomic E-state index is -0.434. The molecule has 5 atom stereocenters. The molecule has 10 aromatic carbocycles. The van der Waals surface area contributed by atoms with Gasteiger partial charge in [-0.15, -0.1) is 32.1 Å². The summed E-state index contributed by atoms with van der Waals surface area (Å²) in [7, 11) is 3.35. The van der Waals surface area contributed by atoms with Crippen LogP contribution in [0.25, 0.3) is 28.4 Å².